The van der Waals surface area contributed by atoms with Gasteiger partial charge in [0.05, 0.1) is 0 Å². The van der Waals surface area contributed by atoms with Crippen LogP contribution in [0.3, 0.4) is 0 Å². The second-order valence-corrected chi connectivity index (χ2v) is 25.3. The number of hydrogen-bond donors (Lipinski definition) is 3. The first-order chi connectivity index (χ1) is 30.1. The summed E-state index contributed by atoms with van der Waals surface area (Å²) in [5, 5.41) is 35.7. The van der Waals surface area contributed by atoms with E-state index in [1.807, 2.05) is 39.0 Å². The molecule has 1 aromatic rings. The lowest BCUT2D eigenvalue weighted by molar-refractivity contribution is -0.231. The highest BCUT2D eigenvalue weighted by atomic mass is 16.7. The molecule has 9 nitrogen and oxygen atoms in total. The quantitative estimate of drug-likeness (QED) is 0.232. The van der Waals surface area contributed by atoms with Crippen molar-refractivity contribution in [2.75, 3.05) is 0 Å². The first-order valence-electron chi connectivity index (χ1n) is 24.8. The average Bonchev–Trinajstić information content (AvgIpc) is 3.25. The van der Waals surface area contributed by atoms with Gasteiger partial charge in [0.25, 0.3) is 0 Å². The molecule has 65 heavy (non-hydrogen) atoms. The summed E-state index contributed by atoms with van der Waals surface area (Å²) in [5.74, 6) is -2.81. The lowest BCUT2D eigenvalue weighted by Gasteiger charge is -2.70. The topological polar surface area (TPSA) is 147 Å². The zero-order chi connectivity index (χ0) is 47.0. The van der Waals surface area contributed by atoms with Crippen LogP contribution in [0, 0.1) is 68.5 Å². The third-order valence-corrected chi connectivity index (χ3v) is 22.8. The van der Waals surface area contributed by atoms with E-state index in [9.17, 15) is 34.5 Å². The molecule has 1 aliphatic heterocycles. The largest absolute Gasteiger partial charge is 0.471 e. The van der Waals surface area contributed by atoms with Gasteiger partial charge in [0.2, 0.25) is 11.4 Å². The van der Waals surface area contributed by atoms with Crippen LogP contribution in [0.4, 0.5) is 0 Å². The molecule has 0 amide bonds. The minimum absolute atomic E-state index is 0.0427. The zero-order valence-corrected chi connectivity index (χ0v) is 40.7. The van der Waals surface area contributed by atoms with E-state index in [-0.39, 0.29) is 63.0 Å². The molecule has 9 aliphatic carbocycles. The van der Waals surface area contributed by atoms with Crippen LogP contribution in [0.2, 0.25) is 0 Å². The molecule has 1 aromatic carbocycles. The van der Waals surface area contributed by atoms with E-state index in [4.69, 9.17) is 9.47 Å². The number of Topliss-reactive ketones (excluding diaryl/α,β-unsaturated/α-hetero) is 2. The van der Waals surface area contributed by atoms with Crippen molar-refractivity contribution in [2.45, 2.75) is 176 Å². The number of aliphatic hydroxyl groups is 3. The Hall–Kier alpha value is -3.66. The summed E-state index contributed by atoms with van der Waals surface area (Å²) in [7, 11) is 0. The first-order valence-corrected chi connectivity index (χ1v) is 24.8. The smallest absolute Gasteiger partial charge is 0.317 e. The van der Waals surface area contributed by atoms with E-state index in [0.717, 1.165) is 68.1 Å². The predicted molar refractivity (Wildman–Crippen MR) is 245 cm³/mol. The van der Waals surface area contributed by atoms with E-state index in [1.165, 1.54) is 5.57 Å². The number of ketones is 4. The molecule has 6 saturated carbocycles. The molecule has 16 atom stereocenters. The van der Waals surface area contributed by atoms with Crippen molar-refractivity contribution in [1.82, 2.24) is 0 Å². The van der Waals surface area contributed by atoms with Gasteiger partial charge in [-0.25, -0.2) is 0 Å². The van der Waals surface area contributed by atoms with E-state index in [0.29, 0.717) is 35.3 Å². The molecule has 6 fully saturated rings. The van der Waals surface area contributed by atoms with Gasteiger partial charge in [-0.1, -0.05) is 87.0 Å². The maximum atomic E-state index is 14.8. The van der Waals surface area contributed by atoms with Crippen molar-refractivity contribution in [3.63, 3.8) is 0 Å². The van der Waals surface area contributed by atoms with Gasteiger partial charge < -0.3 is 24.8 Å². The highest BCUT2D eigenvalue weighted by Crippen LogP contribution is 2.77. The van der Waals surface area contributed by atoms with E-state index in [1.54, 1.807) is 13.0 Å². The lowest BCUT2D eigenvalue weighted by atomic mass is 9.34. The summed E-state index contributed by atoms with van der Waals surface area (Å²) in [4.78, 5) is 56.0. The molecule has 1 heterocycles. The van der Waals surface area contributed by atoms with Gasteiger partial charge in [0, 0.05) is 50.2 Å². The Labute approximate surface area is 384 Å². The van der Waals surface area contributed by atoms with Gasteiger partial charge >= 0.3 is 5.79 Å². The third kappa shape index (κ3) is 4.64. The molecule has 3 N–H and O–H groups in total. The van der Waals surface area contributed by atoms with Gasteiger partial charge in [-0.2, -0.15) is 0 Å². The summed E-state index contributed by atoms with van der Waals surface area (Å²) >= 11 is 0. The van der Waals surface area contributed by atoms with Crippen LogP contribution < -0.4 is 9.47 Å². The standard InChI is InChI=1S/C56H70O9/c1-28-23-37-49(6,45(61)42(28)59)17-21-51(8)36-14-13-31-32(47(36,4)15-19-52(37,51)9)26-40(58)56(63)55(31,12)65-44-30(3)41-33(25-35(44)64-56)48(5)16-20-53(10)38-24-29(2)43(60)46(62)50(38,7)18-22-54(53,11)39(48)27-34(41)57/h13-14,25-29,37-38,45-46,61-63H,15-24H2,1-12H3/t28-,29-,37-,38+,45-,46-,47+,48+,49-,50-,51-,52+,53+,54-,55+,56-/m1/s1. The Morgan fingerprint density at radius 2 is 1.14 bits per heavy atom. The van der Waals surface area contributed by atoms with Crippen LogP contribution in [0.1, 0.15) is 162 Å². The van der Waals surface area contributed by atoms with Crippen LogP contribution in [0.25, 0.3) is 0 Å². The summed E-state index contributed by atoms with van der Waals surface area (Å²) < 4.78 is 13.8. The summed E-state index contributed by atoms with van der Waals surface area (Å²) in [6.07, 6.45) is 13.3. The second-order valence-electron chi connectivity index (χ2n) is 25.3. The molecular formula is C56H70O9. The number of hydrogen-bond acceptors (Lipinski definition) is 9. The second kappa shape index (κ2) is 12.5. The Morgan fingerprint density at radius 3 is 1.69 bits per heavy atom. The molecule has 10 aliphatic rings. The average molecular weight is 887 g/mol. The van der Waals surface area contributed by atoms with Crippen molar-refractivity contribution in [1.29, 1.82) is 0 Å². The maximum absolute atomic E-state index is 14.8. The molecule has 348 valence electrons. The van der Waals surface area contributed by atoms with E-state index >= 15 is 0 Å². The van der Waals surface area contributed by atoms with Crippen LogP contribution in [0.15, 0.2) is 52.7 Å². The Kier molecular flexibility index (Phi) is 8.44. The summed E-state index contributed by atoms with van der Waals surface area (Å²) in [5.41, 5.74) is 0.826. The highest BCUT2D eigenvalue weighted by molar-refractivity contribution is 6.10. The molecular weight excluding hydrogens is 817 g/mol. The number of allylic oxidation sites excluding steroid dienone is 5. The fourth-order valence-electron chi connectivity index (χ4n) is 18.0. The van der Waals surface area contributed by atoms with Crippen LogP contribution in [-0.2, 0) is 19.8 Å². The molecule has 0 radical (unpaired) electrons. The fraction of sp³-hybridized carbons (Fsp3) is 0.679. The van der Waals surface area contributed by atoms with E-state index in [2.05, 4.69) is 61.5 Å². The van der Waals surface area contributed by atoms with Gasteiger partial charge in [-0.05, 0) is 146 Å². The highest BCUT2D eigenvalue weighted by Gasteiger charge is 2.73. The molecule has 9 heteroatoms. The minimum Gasteiger partial charge on any atom is -0.471 e. The molecule has 11 rings (SSSR count). The fourth-order valence-corrected chi connectivity index (χ4v) is 18.0. The van der Waals surface area contributed by atoms with Gasteiger partial charge in [0.1, 0.15) is 12.2 Å². The van der Waals surface area contributed by atoms with Crippen molar-refractivity contribution < 1.29 is 44.0 Å². The predicted octanol–water partition coefficient (Wildman–Crippen LogP) is 9.36. The zero-order valence-electron chi connectivity index (χ0n) is 40.7. The molecule has 0 spiro atoms. The summed E-state index contributed by atoms with van der Waals surface area (Å²) in [6.45, 7) is 25.5. The number of rotatable bonds is 0. The molecule has 0 bridgehead atoms. The van der Waals surface area contributed by atoms with Gasteiger partial charge in [-0.15, -0.1) is 0 Å². The number of ether oxygens (including phenoxy) is 2. The minimum atomic E-state index is -2.39. The number of aliphatic hydroxyl groups excluding tert-OH is 2. The van der Waals surface area contributed by atoms with Crippen molar-refractivity contribution in [3.8, 4) is 11.5 Å². The molecule has 0 aromatic heterocycles. The Balaban J connectivity index is 0.984. The van der Waals surface area contributed by atoms with Crippen LogP contribution in [-0.4, -0.2) is 62.0 Å². The third-order valence-electron chi connectivity index (χ3n) is 22.8. The van der Waals surface area contributed by atoms with Crippen molar-refractivity contribution >= 4 is 23.1 Å². The molecule has 0 unspecified atom stereocenters. The number of fused-ring (bicyclic) bond motifs is 17. The van der Waals surface area contributed by atoms with Gasteiger partial charge in [-0.3, -0.25) is 19.2 Å². The Bertz CT molecular complexity index is 2620. The van der Waals surface area contributed by atoms with Gasteiger partial charge in [0.15, 0.2) is 28.8 Å². The SMILES string of the molecule is Cc1c2c(cc3c1C(=O)C=C1[C@@]3(C)CC[C@@]3(C)[C@H]4C[C@@H](C)C(=O)[C@@H](O)[C@]4(C)CC[C@]13C)O[C@]1(O)C(=O)C=C3C(=CC=C4[C@@]3(C)CC[C@@]3(C)[C@@H]5C[C@@H](C)C(=O)[C@@H](O)[C@]5(C)CC[C@]43C)[C@]1(C)O2. The lowest BCUT2D eigenvalue weighted by Crippen LogP contribution is -2.70. The monoisotopic (exact) mass is 887 g/mol. The number of carbonyl (C=O) groups excluding carboxylic acids is 4. The number of carbonyl (C=O) groups is 4. The first kappa shape index (κ1) is 43.9. The van der Waals surface area contributed by atoms with Crippen LogP contribution >= 0.6 is 0 Å². The normalized spacial score (nSPS) is 51.4. The van der Waals surface area contributed by atoms with Crippen LogP contribution in [0.5, 0.6) is 11.5 Å². The summed E-state index contributed by atoms with van der Waals surface area (Å²) in [6, 6.07) is 1.86. The maximum Gasteiger partial charge on any atom is 0.317 e. The van der Waals surface area contributed by atoms with E-state index < -0.39 is 56.5 Å². The van der Waals surface area contributed by atoms with Crippen molar-refractivity contribution in [2.24, 2.45) is 61.6 Å². The van der Waals surface area contributed by atoms with Crippen molar-refractivity contribution in [3.05, 3.63) is 69.4 Å². The Morgan fingerprint density at radius 1 is 0.615 bits per heavy atom. The molecule has 0 saturated heterocycles. The number of benzene rings is 1.